The summed E-state index contributed by atoms with van der Waals surface area (Å²) in [6.45, 7) is 0.467. The third kappa shape index (κ3) is 2.40. The van der Waals surface area contributed by atoms with Crippen LogP contribution in [0.5, 0.6) is 0 Å². The smallest absolute Gasteiger partial charge is 0.159 e. The number of nitrogens with zero attached hydrogens (tertiary/aromatic N) is 4. The molecule has 0 saturated carbocycles. The van der Waals surface area contributed by atoms with Crippen LogP contribution in [0.3, 0.4) is 0 Å². The van der Waals surface area contributed by atoms with Crippen LogP contribution in [0.4, 0.5) is 0 Å². The van der Waals surface area contributed by atoms with Crippen LogP contribution in [0.1, 0.15) is 22.8 Å². The van der Waals surface area contributed by atoms with E-state index in [1.165, 1.54) is 0 Å². The molecular weight excluding hydrogens is 376 g/mol. The Kier molecular flexibility index (Phi) is 3.75. The predicted molar refractivity (Wildman–Crippen MR) is 94.4 cm³/mol. The van der Waals surface area contributed by atoms with E-state index >= 15 is 0 Å². The quantitative estimate of drug-likeness (QED) is 0.621. The van der Waals surface area contributed by atoms with Crippen molar-refractivity contribution >= 4 is 33.2 Å². The van der Waals surface area contributed by atoms with Gasteiger partial charge in [0, 0.05) is 15.6 Å². The van der Waals surface area contributed by atoms with Gasteiger partial charge < -0.3 is 0 Å². The van der Waals surface area contributed by atoms with Crippen molar-refractivity contribution in [1.29, 1.82) is 0 Å². The van der Waals surface area contributed by atoms with Crippen molar-refractivity contribution in [1.82, 2.24) is 14.8 Å². The monoisotopic (exact) mass is 386 g/mol. The van der Waals surface area contributed by atoms with Gasteiger partial charge in [-0.05, 0) is 12.1 Å². The Morgan fingerprint density at radius 1 is 1.00 bits per heavy atom. The molecule has 2 aromatic carbocycles. The largest absolute Gasteiger partial charge is 0.280 e. The van der Waals surface area contributed by atoms with E-state index in [1.807, 2.05) is 34.9 Å². The number of hydrogen-bond acceptors (Lipinski definition) is 3. The molecule has 0 fully saturated rings. The van der Waals surface area contributed by atoms with Gasteiger partial charge in [0.25, 0.3) is 0 Å². The lowest BCUT2D eigenvalue weighted by molar-refractivity contribution is 0.859. The van der Waals surface area contributed by atoms with Crippen LogP contribution in [0.15, 0.2) is 58.0 Å². The number of para-hydroxylation sites is 1. The number of halogens is 2. The molecule has 3 aromatic rings. The highest BCUT2D eigenvalue weighted by Crippen LogP contribution is 2.28. The minimum atomic E-state index is 0.311. The van der Waals surface area contributed by atoms with Gasteiger partial charge in [-0.15, -0.1) is 21.8 Å². The lowest BCUT2D eigenvalue weighted by atomic mass is 10.0. The van der Waals surface area contributed by atoms with Crippen LogP contribution < -0.4 is 0 Å². The minimum Gasteiger partial charge on any atom is -0.280 e. The Bertz CT molecular complexity index is 916. The van der Waals surface area contributed by atoms with E-state index in [9.17, 15) is 0 Å². The third-order valence-corrected chi connectivity index (χ3v) is 4.75. The molecule has 0 amide bonds. The van der Waals surface area contributed by atoms with Crippen LogP contribution in [0, 0.1) is 0 Å². The van der Waals surface area contributed by atoms with Gasteiger partial charge in [-0.1, -0.05) is 52.3 Å². The Morgan fingerprint density at radius 2 is 1.74 bits per heavy atom. The van der Waals surface area contributed by atoms with Crippen LogP contribution in [0.2, 0.25) is 0 Å². The first-order valence-corrected chi connectivity index (χ1v) is 8.50. The van der Waals surface area contributed by atoms with Gasteiger partial charge in [-0.3, -0.25) is 9.56 Å². The summed E-state index contributed by atoms with van der Waals surface area (Å²) < 4.78 is 3.03. The highest BCUT2D eigenvalue weighted by Gasteiger charge is 2.22. The predicted octanol–water partition coefficient (Wildman–Crippen LogP) is 4.12. The van der Waals surface area contributed by atoms with Crippen molar-refractivity contribution in [2.75, 3.05) is 0 Å². The SMILES string of the molecule is ClCc1nnc2n1-c1ccccc1C(c1ccccc1Br)=NC2. The molecule has 0 bridgehead atoms. The Hall–Kier alpha value is -1.98. The molecule has 2 heterocycles. The maximum absolute atomic E-state index is 6.04. The normalized spacial score (nSPS) is 13.0. The average molecular weight is 388 g/mol. The van der Waals surface area contributed by atoms with Crippen molar-refractivity contribution in [3.63, 3.8) is 0 Å². The van der Waals surface area contributed by atoms with E-state index in [-0.39, 0.29) is 0 Å². The molecule has 114 valence electrons. The van der Waals surface area contributed by atoms with Crippen LogP contribution in [-0.4, -0.2) is 20.5 Å². The molecule has 1 aromatic heterocycles. The maximum Gasteiger partial charge on any atom is 0.159 e. The van der Waals surface area contributed by atoms with Gasteiger partial charge in [0.05, 0.1) is 17.3 Å². The van der Waals surface area contributed by atoms with Crippen molar-refractivity contribution in [2.45, 2.75) is 12.4 Å². The lowest BCUT2D eigenvalue weighted by Crippen LogP contribution is -2.09. The number of aromatic nitrogens is 3. The number of benzene rings is 2. The molecule has 0 spiro atoms. The van der Waals surface area contributed by atoms with Crippen LogP contribution in [0.25, 0.3) is 5.69 Å². The Labute approximate surface area is 147 Å². The molecule has 0 N–H and O–H groups in total. The van der Waals surface area contributed by atoms with Gasteiger partial charge in [-0.25, -0.2) is 0 Å². The summed E-state index contributed by atoms with van der Waals surface area (Å²) in [6.07, 6.45) is 0. The Morgan fingerprint density at radius 3 is 2.52 bits per heavy atom. The van der Waals surface area contributed by atoms with E-state index in [0.29, 0.717) is 12.4 Å². The lowest BCUT2D eigenvalue weighted by Gasteiger charge is -2.13. The average Bonchev–Trinajstić information content (AvgIpc) is 2.92. The fourth-order valence-electron chi connectivity index (χ4n) is 2.81. The highest BCUT2D eigenvalue weighted by atomic mass is 79.9. The van der Waals surface area contributed by atoms with Crippen molar-refractivity contribution < 1.29 is 0 Å². The van der Waals surface area contributed by atoms with Gasteiger partial charge >= 0.3 is 0 Å². The Balaban J connectivity index is 1.99. The summed E-state index contributed by atoms with van der Waals surface area (Å²) in [7, 11) is 0. The van der Waals surface area contributed by atoms with E-state index < -0.39 is 0 Å². The van der Waals surface area contributed by atoms with Crippen LogP contribution >= 0.6 is 27.5 Å². The van der Waals surface area contributed by atoms with Crippen molar-refractivity contribution in [2.24, 2.45) is 4.99 Å². The summed E-state index contributed by atoms with van der Waals surface area (Å²) in [4.78, 5) is 4.80. The molecule has 6 heteroatoms. The van der Waals surface area contributed by atoms with Gasteiger partial charge in [0.2, 0.25) is 0 Å². The molecule has 4 nitrogen and oxygen atoms in total. The molecule has 0 radical (unpaired) electrons. The fourth-order valence-corrected chi connectivity index (χ4v) is 3.45. The molecule has 0 aliphatic carbocycles. The second-order valence-electron chi connectivity index (χ2n) is 5.16. The summed E-state index contributed by atoms with van der Waals surface area (Å²) in [6, 6.07) is 16.2. The summed E-state index contributed by atoms with van der Waals surface area (Å²) in [5.41, 5.74) is 4.06. The molecule has 0 saturated heterocycles. The van der Waals surface area contributed by atoms with Gasteiger partial charge in [0.15, 0.2) is 11.6 Å². The molecule has 23 heavy (non-hydrogen) atoms. The summed E-state index contributed by atoms with van der Waals surface area (Å²) in [5.74, 6) is 1.85. The molecular formula is C17H12BrClN4. The number of rotatable bonds is 2. The number of hydrogen-bond donors (Lipinski definition) is 0. The molecule has 0 unspecified atom stereocenters. The van der Waals surface area contributed by atoms with E-state index in [0.717, 1.165) is 38.6 Å². The summed E-state index contributed by atoms with van der Waals surface area (Å²) >= 11 is 9.66. The zero-order chi connectivity index (χ0) is 15.8. The van der Waals surface area contributed by atoms with Crippen molar-refractivity contribution in [3.8, 4) is 5.69 Å². The number of fused-ring (bicyclic) bond motifs is 3. The fraction of sp³-hybridized carbons (Fsp3) is 0.118. The van der Waals surface area contributed by atoms with Crippen LogP contribution in [-0.2, 0) is 12.4 Å². The van der Waals surface area contributed by atoms with Crippen molar-refractivity contribution in [3.05, 3.63) is 75.8 Å². The zero-order valence-electron chi connectivity index (χ0n) is 12.1. The molecule has 0 atom stereocenters. The second kappa shape index (κ2) is 5.91. The van der Waals surface area contributed by atoms with Gasteiger partial charge in [-0.2, -0.15) is 0 Å². The molecule has 4 rings (SSSR count). The number of aliphatic imine (C=N–C) groups is 1. The van der Waals surface area contributed by atoms with E-state index in [1.54, 1.807) is 0 Å². The number of alkyl halides is 1. The molecule has 1 aliphatic rings. The first kappa shape index (κ1) is 14.6. The van der Waals surface area contributed by atoms with E-state index in [4.69, 9.17) is 16.6 Å². The first-order chi connectivity index (χ1) is 11.3. The standard InChI is InChI=1S/C17H12BrClN4/c18-13-7-3-1-5-11(13)17-12-6-2-4-8-14(12)23-15(9-19)21-22-16(23)10-20-17/h1-8H,9-10H2. The third-order valence-electron chi connectivity index (χ3n) is 3.82. The molecule has 1 aliphatic heterocycles. The highest BCUT2D eigenvalue weighted by molar-refractivity contribution is 9.10. The minimum absolute atomic E-state index is 0.311. The van der Waals surface area contributed by atoms with Gasteiger partial charge in [0.1, 0.15) is 6.54 Å². The zero-order valence-corrected chi connectivity index (χ0v) is 14.4. The van der Waals surface area contributed by atoms with E-state index in [2.05, 4.69) is 44.3 Å². The maximum atomic E-state index is 6.04. The summed E-state index contributed by atoms with van der Waals surface area (Å²) in [5, 5.41) is 8.42. The topological polar surface area (TPSA) is 43.1 Å². The second-order valence-corrected chi connectivity index (χ2v) is 6.28. The first-order valence-electron chi connectivity index (χ1n) is 7.18.